The SMILES string of the molecule is N#Cc1cccnc1N1CC(O)C(O)C1. The average molecular weight is 205 g/mol. The van der Waals surface area contributed by atoms with Crippen LogP contribution in [-0.4, -0.2) is 40.5 Å². The maximum atomic E-state index is 9.39. The molecule has 2 atom stereocenters. The molecular weight excluding hydrogens is 194 g/mol. The van der Waals surface area contributed by atoms with Gasteiger partial charge in [0.25, 0.3) is 0 Å². The molecule has 78 valence electrons. The Morgan fingerprint density at radius 3 is 2.67 bits per heavy atom. The van der Waals surface area contributed by atoms with E-state index in [9.17, 15) is 10.2 Å². The van der Waals surface area contributed by atoms with Gasteiger partial charge in [-0.1, -0.05) is 0 Å². The van der Waals surface area contributed by atoms with Gasteiger partial charge in [-0.25, -0.2) is 4.98 Å². The second kappa shape index (κ2) is 3.85. The molecule has 1 fully saturated rings. The molecule has 1 saturated heterocycles. The van der Waals surface area contributed by atoms with E-state index >= 15 is 0 Å². The molecule has 2 heterocycles. The highest BCUT2D eigenvalue weighted by Gasteiger charge is 2.31. The van der Waals surface area contributed by atoms with Crippen LogP contribution < -0.4 is 4.90 Å². The summed E-state index contributed by atoms with van der Waals surface area (Å²) in [6.07, 6.45) is 0.0601. The molecule has 15 heavy (non-hydrogen) atoms. The van der Waals surface area contributed by atoms with Crippen LogP contribution >= 0.6 is 0 Å². The van der Waals surface area contributed by atoms with Gasteiger partial charge in [0.1, 0.15) is 11.9 Å². The molecule has 0 radical (unpaired) electrons. The van der Waals surface area contributed by atoms with Crippen LogP contribution in [0.15, 0.2) is 18.3 Å². The second-order valence-electron chi connectivity index (χ2n) is 3.53. The lowest BCUT2D eigenvalue weighted by Crippen LogP contribution is -2.23. The summed E-state index contributed by atoms with van der Waals surface area (Å²) in [6, 6.07) is 5.39. The summed E-state index contributed by atoms with van der Waals surface area (Å²) in [5.74, 6) is 0.524. The molecule has 1 aromatic rings. The largest absolute Gasteiger partial charge is 0.389 e. The van der Waals surface area contributed by atoms with Crippen molar-refractivity contribution in [1.82, 2.24) is 4.98 Å². The van der Waals surface area contributed by atoms with Crippen LogP contribution in [-0.2, 0) is 0 Å². The van der Waals surface area contributed by atoms with E-state index in [0.29, 0.717) is 24.5 Å². The van der Waals surface area contributed by atoms with Gasteiger partial charge in [0.05, 0.1) is 17.8 Å². The predicted molar refractivity (Wildman–Crippen MR) is 53.2 cm³/mol. The number of β-amino-alcohol motifs (C(OH)–C–C–N with tert-alkyl or cyclic N) is 2. The third-order valence-electron chi connectivity index (χ3n) is 2.47. The number of nitrogens with zero attached hydrogens (tertiary/aromatic N) is 3. The van der Waals surface area contributed by atoms with Crippen LogP contribution in [0.4, 0.5) is 5.82 Å². The van der Waals surface area contributed by atoms with Crippen molar-refractivity contribution in [2.45, 2.75) is 12.2 Å². The Morgan fingerprint density at radius 1 is 1.40 bits per heavy atom. The maximum Gasteiger partial charge on any atom is 0.146 e. The van der Waals surface area contributed by atoms with Crippen LogP contribution in [0.3, 0.4) is 0 Å². The molecule has 1 aromatic heterocycles. The number of hydrogen-bond donors (Lipinski definition) is 2. The van der Waals surface area contributed by atoms with E-state index < -0.39 is 12.2 Å². The van der Waals surface area contributed by atoms with E-state index in [0.717, 1.165) is 0 Å². The second-order valence-corrected chi connectivity index (χ2v) is 3.53. The van der Waals surface area contributed by atoms with Crippen LogP contribution in [0, 0.1) is 11.3 Å². The fourth-order valence-corrected chi connectivity index (χ4v) is 1.68. The van der Waals surface area contributed by atoms with Crippen molar-refractivity contribution in [3.8, 4) is 6.07 Å². The van der Waals surface area contributed by atoms with Crippen molar-refractivity contribution in [3.05, 3.63) is 23.9 Å². The van der Waals surface area contributed by atoms with Gasteiger partial charge in [0.15, 0.2) is 0 Å². The van der Waals surface area contributed by atoms with Gasteiger partial charge in [0.2, 0.25) is 0 Å². The van der Waals surface area contributed by atoms with Gasteiger partial charge in [-0.3, -0.25) is 0 Å². The Hall–Kier alpha value is -1.64. The summed E-state index contributed by atoms with van der Waals surface area (Å²) in [6.45, 7) is 0.625. The summed E-state index contributed by atoms with van der Waals surface area (Å²) >= 11 is 0. The molecule has 1 aliphatic heterocycles. The molecule has 5 heteroatoms. The molecule has 5 nitrogen and oxygen atoms in total. The summed E-state index contributed by atoms with van der Waals surface area (Å²) in [4.78, 5) is 5.80. The number of rotatable bonds is 1. The Balaban J connectivity index is 2.28. The van der Waals surface area contributed by atoms with E-state index in [1.165, 1.54) is 0 Å². The number of pyridine rings is 1. The third-order valence-corrected chi connectivity index (χ3v) is 2.47. The Kier molecular flexibility index (Phi) is 2.54. The fraction of sp³-hybridized carbons (Fsp3) is 0.400. The van der Waals surface area contributed by atoms with Gasteiger partial charge < -0.3 is 15.1 Å². The van der Waals surface area contributed by atoms with E-state index in [-0.39, 0.29) is 0 Å². The summed E-state index contributed by atoms with van der Waals surface area (Å²) in [7, 11) is 0. The lowest BCUT2D eigenvalue weighted by atomic mass is 10.2. The normalized spacial score (nSPS) is 25.3. The summed E-state index contributed by atoms with van der Waals surface area (Å²) in [5.41, 5.74) is 0.457. The minimum Gasteiger partial charge on any atom is -0.389 e. The first-order valence-electron chi connectivity index (χ1n) is 4.68. The minimum absolute atomic E-state index is 0.312. The van der Waals surface area contributed by atoms with Crippen molar-refractivity contribution in [3.63, 3.8) is 0 Å². The highest BCUT2D eigenvalue weighted by Crippen LogP contribution is 2.21. The van der Waals surface area contributed by atoms with Crippen molar-refractivity contribution >= 4 is 5.82 Å². The molecule has 0 spiro atoms. The Labute approximate surface area is 87.2 Å². The van der Waals surface area contributed by atoms with Crippen LogP contribution in [0.1, 0.15) is 5.56 Å². The predicted octanol–water partition coefficient (Wildman–Crippen LogP) is -0.505. The first kappa shape index (κ1) is 9.90. The molecule has 0 amide bonds. The molecule has 0 aromatic carbocycles. The highest BCUT2D eigenvalue weighted by atomic mass is 16.3. The Bertz CT molecular complexity index is 392. The standard InChI is InChI=1S/C10H11N3O2/c11-4-7-2-1-3-12-10(7)13-5-8(14)9(15)6-13/h1-3,8-9,14-15H,5-6H2. The maximum absolute atomic E-state index is 9.39. The first-order valence-corrected chi connectivity index (χ1v) is 4.68. The quantitative estimate of drug-likeness (QED) is 0.645. The number of anilines is 1. The zero-order valence-corrected chi connectivity index (χ0v) is 8.04. The lowest BCUT2D eigenvalue weighted by molar-refractivity contribution is 0.0572. The molecule has 0 bridgehead atoms. The number of aliphatic hydroxyl groups is 2. The number of aliphatic hydroxyl groups excluding tert-OH is 2. The zero-order valence-electron chi connectivity index (χ0n) is 8.04. The van der Waals surface area contributed by atoms with Crippen molar-refractivity contribution < 1.29 is 10.2 Å². The van der Waals surface area contributed by atoms with Crippen molar-refractivity contribution in [2.24, 2.45) is 0 Å². The average Bonchev–Trinajstić information content (AvgIpc) is 2.59. The monoisotopic (exact) mass is 205 g/mol. The molecule has 1 aliphatic rings. The topological polar surface area (TPSA) is 80.4 Å². The molecule has 0 saturated carbocycles. The van der Waals surface area contributed by atoms with E-state index in [2.05, 4.69) is 4.98 Å². The van der Waals surface area contributed by atoms with E-state index in [1.54, 1.807) is 23.2 Å². The lowest BCUT2D eigenvalue weighted by Gasteiger charge is -2.16. The van der Waals surface area contributed by atoms with Crippen molar-refractivity contribution in [1.29, 1.82) is 5.26 Å². The van der Waals surface area contributed by atoms with E-state index in [1.807, 2.05) is 6.07 Å². The van der Waals surface area contributed by atoms with Crippen LogP contribution in [0.2, 0.25) is 0 Å². The number of aromatic nitrogens is 1. The van der Waals surface area contributed by atoms with Gasteiger partial charge in [-0.05, 0) is 12.1 Å². The first-order chi connectivity index (χ1) is 7.22. The zero-order chi connectivity index (χ0) is 10.8. The van der Waals surface area contributed by atoms with Gasteiger partial charge >= 0.3 is 0 Å². The third kappa shape index (κ3) is 1.77. The molecule has 2 unspecified atom stereocenters. The molecular formula is C10H11N3O2. The van der Waals surface area contributed by atoms with Gasteiger partial charge in [0, 0.05) is 19.3 Å². The molecule has 0 aliphatic carbocycles. The molecule has 2 rings (SSSR count). The molecule has 2 N–H and O–H groups in total. The van der Waals surface area contributed by atoms with Gasteiger partial charge in [-0.2, -0.15) is 5.26 Å². The summed E-state index contributed by atoms with van der Waals surface area (Å²) in [5, 5.41) is 27.7. The number of hydrogen-bond acceptors (Lipinski definition) is 5. The Morgan fingerprint density at radius 2 is 2.07 bits per heavy atom. The van der Waals surface area contributed by atoms with Crippen molar-refractivity contribution in [2.75, 3.05) is 18.0 Å². The summed E-state index contributed by atoms with van der Waals surface area (Å²) < 4.78 is 0. The minimum atomic E-state index is -0.765. The van der Waals surface area contributed by atoms with Crippen LogP contribution in [0.25, 0.3) is 0 Å². The highest BCUT2D eigenvalue weighted by molar-refractivity contribution is 5.54. The van der Waals surface area contributed by atoms with E-state index in [4.69, 9.17) is 5.26 Å². The van der Waals surface area contributed by atoms with Gasteiger partial charge in [-0.15, -0.1) is 0 Å². The number of nitriles is 1. The smallest absolute Gasteiger partial charge is 0.146 e. The fourth-order valence-electron chi connectivity index (χ4n) is 1.68. The van der Waals surface area contributed by atoms with Crippen LogP contribution in [0.5, 0.6) is 0 Å².